The first kappa shape index (κ1) is 12.0. The van der Waals surface area contributed by atoms with E-state index in [1.165, 1.54) is 5.75 Å². The fourth-order valence-electron chi connectivity index (χ4n) is 1.11. The highest BCUT2D eigenvalue weighted by Gasteiger charge is 2.22. The molecule has 1 saturated heterocycles. The predicted molar refractivity (Wildman–Crippen MR) is 55.8 cm³/mol. The van der Waals surface area contributed by atoms with Crippen LogP contribution in [-0.4, -0.2) is 41.8 Å². The van der Waals surface area contributed by atoms with Crippen LogP contribution in [0.4, 0.5) is 0 Å². The molecule has 0 N–H and O–H groups in total. The Morgan fingerprint density at radius 2 is 2.08 bits per heavy atom. The zero-order chi connectivity index (χ0) is 9.56. The molecular weight excluding hydrogens is 170 g/mol. The van der Waals surface area contributed by atoms with Crippen molar-refractivity contribution in [2.45, 2.75) is 26.8 Å². The Morgan fingerprint density at radius 1 is 1.50 bits per heavy atom. The number of ketones is 1. The van der Waals surface area contributed by atoms with E-state index in [1.807, 2.05) is 32.7 Å². The van der Waals surface area contributed by atoms with Crippen LogP contribution in [0.2, 0.25) is 0 Å². The van der Waals surface area contributed by atoms with Crippen LogP contribution in [0.3, 0.4) is 0 Å². The Morgan fingerprint density at radius 3 is 2.42 bits per heavy atom. The van der Waals surface area contributed by atoms with Gasteiger partial charge in [-0.05, 0) is 14.0 Å². The molecule has 2 nitrogen and oxygen atoms in total. The van der Waals surface area contributed by atoms with E-state index in [9.17, 15) is 4.79 Å². The van der Waals surface area contributed by atoms with Crippen LogP contribution < -0.4 is 0 Å². The van der Waals surface area contributed by atoms with Gasteiger partial charge in [-0.2, -0.15) is 11.8 Å². The first-order chi connectivity index (χ1) is 5.72. The average molecular weight is 189 g/mol. The van der Waals surface area contributed by atoms with Gasteiger partial charge in [0.25, 0.3) is 0 Å². The number of carbonyl (C=O) groups excluding carboxylic acids is 1. The number of rotatable bonds is 1. The van der Waals surface area contributed by atoms with Crippen LogP contribution in [0.15, 0.2) is 0 Å². The Hall–Kier alpha value is -0.0200. The van der Waals surface area contributed by atoms with Gasteiger partial charge in [0.1, 0.15) is 5.78 Å². The number of Topliss-reactive ketones (excluding diaryl/α,β-unsaturated/α-hetero) is 1. The van der Waals surface area contributed by atoms with E-state index in [-0.39, 0.29) is 6.04 Å². The van der Waals surface area contributed by atoms with Gasteiger partial charge in [-0.25, -0.2) is 0 Å². The van der Waals surface area contributed by atoms with Gasteiger partial charge in [0.05, 0.1) is 6.04 Å². The van der Waals surface area contributed by atoms with E-state index < -0.39 is 0 Å². The molecule has 0 radical (unpaired) electrons. The lowest BCUT2D eigenvalue weighted by molar-refractivity contribution is -0.121. The van der Waals surface area contributed by atoms with E-state index >= 15 is 0 Å². The molecular formula is C9H19NOS. The van der Waals surface area contributed by atoms with Gasteiger partial charge < -0.3 is 0 Å². The topological polar surface area (TPSA) is 20.3 Å². The second-order valence-corrected chi connectivity index (χ2v) is 3.83. The molecule has 0 amide bonds. The minimum absolute atomic E-state index is 0.179. The number of likely N-dealkylation sites (N-methyl/N-ethyl adjacent to an activating group) is 1. The summed E-state index contributed by atoms with van der Waals surface area (Å²) in [6.07, 6.45) is 0. The molecule has 1 heterocycles. The zero-order valence-electron chi connectivity index (χ0n) is 8.46. The summed E-state index contributed by atoms with van der Waals surface area (Å²) in [6, 6.07) is 0.179. The fourth-order valence-corrected chi connectivity index (χ4v) is 2.41. The molecule has 0 bridgehead atoms. The number of carbonyl (C=O) groups is 1. The summed E-state index contributed by atoms with van der Waals surface area (Å²) in [7, 11) is 2.02. The summed E-state index contributed by atoms with van der Waals surface area (Å²) in [5.41, 5.74) is 0. The molecule has 0 aromatic carbocycles. The van der Waals surface area contributed by atoms with Crippen molar-refractivity contribution in [1.29, 1.82) is 0 Å². The largest absolute Gasteiger partial charge is 0.298 e. The van der Waals surface area contributed by atoms with Crippen molar-refractivity contribution in [2.24, 2.45) is 0 Å². The number of hydrogen-bond acceptors (Lipinski definition) is 3. The second kappa shape index (κ2) is 6.49. The average Bonchev–Trinajstić information content (AvgIpc) is 2.08. The summed E-state index contributed by atoms with van der Waals surface area (Å²) in [5, 5.41) is 0. The molecule has 72 valence electrons. The van der Waals surface area contributed by atoms with E-state index in [0.717, 1.165) is 12.3 Å². The maximum Gasteiger partial charge on any atom is 0.147 e. The SMILES string of the molecule is CC.CC(=O)C1CSCCN1C. The molecule has 0 spiro atoms. The van der Waals surface area contributed by atoms with Gasteiger partial charge in [-0.1, -0.05) is 13.8 Å². The van der Waals surface area contributed by atoms with Crippen molar-refractivity contribution in [1.82, 2.24) is 4.90 Å². The van der Waals surface area contributed by atoms with E-state index in [4.69, 9.17) is 0 Å². The van der Waals surface area contributed by atoms with Crippen molar-refractivity contribution < 1.29 is 4.79 Å². The molecule has 0 saturated carbocycles. The first-order valence-corrected chi connectivity index (χ1v) is 5.65. The lowest BCUT2D eigenvalue weighted by Crippen LogP contribution is -2.43. The van der Waals surface area contributed by atoms with E-state index in [0.29, 0.717) is 5.78 Å². The number of nitrogens with zero attached hydrogens (tertiary/aromatic N) is 1. The highest BCUT2D eigenvalue weighted by Crippen LogP contribution is 2.14. The molecule has 1 unspecified atom stereocenters. The third-order valence-electron chi connectivity index (χ3n) is 1.87. The lowest BCUT2D eigenvalue weighted by atomic mass is 10.2. The summed E-state index contributed by atoms with van der Waals surface area (Å²) < 4.78 is 0. The number of hydrogen-bond donors (Lipinski definition) is 0. The Kier molecular flexibility index (Phi) is 6.48. The quantitative estimate of drug-likeness (QED) is 0.625. The summed E-state index contributed by atoms with van der Waals surface area (Å²) in [4.78, 5) is 13.1. The maximum atomic E-state index is 11.0. The molecule has 12 heavy (non-hydrogen) atoms. The third-order valence-corrected chi connectivity index (χ3v) is 2.89. The maximum absolute atomic E-state index is 11.0. The Balaban J connectivity index is 0.000000561. The van der Waals surface area contributed by atoms with Crippen LogP contribution in [0.5, 0.6) is 0 Å². The molecule has 1 atom stereocenters. The Bertz CT molecular complexity index is 138. The summed E-state index contributed by atoms with van der Waals surface area (Å²) >= 11 is 1.87. The molecule has 0 aromatic heterocycles. The molecule has 0 aliphatic carbocycles. The van der Waals surface area contributed by atoms with Gasteiger partial charge >= 0.3 is 0 Å². The fraction of sp³-hybridized carbons (Fsp3) is 0.889. The minimum Gasteiger partial charge on any atom is -0.298 e. The second-order valence-electron chi connectivity index (χ2n) is 2.68. The van der Waals surface area contributed by atoms with Gasteiger partial charge in [0.2, 0.25) is 0 Å². The van der Waals surface area contributed by atoms with Gasteiger partial charge in [0, 0.05) is 18.1 Å². The van der Waals surface area contributed by atoms with Crippen molar-refractivity contribution in [3.05, 3.63) is 0 Å². The molecule has 1 fully saturated rings. The highest BCUT2D eigenvalue weighted by atomic mass is 32.2. The lowest BCUT2D eigenvalue weighted by Gasteiger charge is -2.29. The van der Waals surface area contributed by atoms with E-state index in [1.54, 1.807) is 6.92 Å². The highest BCUT2D eigenvalue weighted by molar-refractivity contribution is 7.99. The van der Waals surface area contributed by atoms with Gasteiger partial charge in [0.15, 0.2) is 0 Å². The van der Waals surface area contributed by atoms with E-state index in [2.05, 4.69) is 4.90 Å². The molecule has 1 aliphatic rings. The summed E-state index contributed by atoms with van der Waals surface area (Å²) in [5.74, 6) is 2.45. The Labute approximate surface area is 79.7 Å². The van der Waals surface area contributed by atoms with Crippen molar-refractivity contribution in [3.8, 4) is 0 Å². The van der Waals surface area contributed by atoms with Gasteiger partial charge in [-0.3, -0.25) is 9.69 Å². The molecule has 1 rings (SSSR count). The molecule has 3 heteroatoms. The van der Waals surface area contributed by atoms with Crippen LogP contribution in [0.25, 0.3) is 0 Å². The van der Waals surface area contributed by atoms with Crippen molar-refractivity contribution in [2.75, 3.05) is 25.1 Å². The monoisotopic (exact) mass is 189 g/mol. The minimum atomic E-state index is 0.179. The van der Waals surface area contributed by atoms with Crippen molar-refractivity contribution >= 4 is 17.5 Å². The molecule has 0 aromatic rings. The summed E-state index contributed by atoms with van der Waals surface area (Å²) in [6.45, 7) is 6.72. The van der Waals surface area contributed by atoms with Crippen molar-refractivity contribution in [3.63, 3.8) is 0 Å². The van der Waals surface area contributed by atoms with Gasteiger partial charge in [-0.15, -0.1) is 0 Å². The predicted octanol–water partition coefficient (Wildman–Crippen LogP) is 1.65. The van der Waals surface area contributed by atoms with Crippen LogP contribution in [0, 0.1) is 0 Å². The van der Waals surface area contributed by atoms with Crippen LogP contribution in [0.1, 0.15) is 20.8 Å². The number of thioether (sulfide) groups is 1. The zero-order valence-corrected chi connectivity index (χ0v) is 9.28. The third kappa shape index (κ3) is 3.59. The molecule has 1 aliphatic heterocycles. The standard InChI is InChI=1S/C7H13NOS.C2H6/c1-6(9)7-5-10-4-3-8(7)2;1-2/h7H,3-5H2,1-2H3;1-2H3. The van der Waals surface area contributed by atoms with Crippen LogP contribution in [-0.2, 0) is 4.79 Å². The first-order valence-electron chi connectivity index (χ1n) is 4.50. The smallest absolute Gasteiger partial charge is 0.147 e. The van der Waals surface area contributed by atoms with Crippen LogP contribution >= 0.6 is 11.8 Å². The normalized spacial score (nSPS) is 24.2.